The van der Waals surface area contributed by atoms with Gasteiger partial charge in [-0.1, -0.05) is 52.0 Å². The SMILES string of the molecule is N#CC1=C(c2ccc(F)cc2)N(c2ccc(N=[N+]=[N-])cc2)N(S(=O)(=O)O)C1(c1ccccc1)C(F)F. The lowest BCUT2D eigenvalue weighted by molar-refractivity contribution is 0.0112. The summed E-state index contributed by atoms with van der Waals surface area (Å²) in [6, 6.07) is 17.9. The standard InChI is InChI=1S/C23H15F3N6O3S/c24-17-8-6-15(7-9-17)21-20(14-27)23(22(25)26,16-4-2-1-3-5-16)32(36(33,34)35)31(21)19-12-10-18(11-13-19)29-30-28/h1-13,22H,(H,33,34,35). The molecule has 0 spiro atoms. The molecule has 0 radical (unpaired) electrons. The molecule has 1 heterocycles. The Morgan fingerprint density at radius 3 is 2.14 bits per heavy atom. The molecular formula is C23H15F3N6O3S. The fraction of sp³-hybridized carbons (Fsp3) is 0.0870. The van der Waals surface area contributed by atoms with E-state index in [1.165, 1.54) is 66.7 Å². The van der Waals surface area contributed by atoms with Crippen molar-refractivity contribution < 1.29 is 26.1 Å². The molecule has 3 aromatic rings. The maximum Gasteiger partial charge on any atom is 0.354 e. The lowest BCUT2D eigenvalue weighted by Crippen LogP contribution is -2.56. The zero-order chi connectivity index (χ0) is 26.1. The van der Waals surface area contributed by atoms with Crippen molar-refractivity contribution in [3.8, 4) is 6.07 Å². The number of nitrogens with zero attached hydrogens (tertiary/aromatic N) is 6. The average molecular weight is 512 g/mol. The molecule has 1 aliphatic heterocycles. The predicted molar refractivity (Wildman–Crippen MR) is 124 cm³/mol. The number of alkyl halides is 2. The third-order valence-electron chi connectivity index (χ3n) is 5.55. The van der Waals surface area contributed by atoms with Crippen LogP contribution in [0.3, 0.4) is 0 Å². The Balaban J connectivity index is 2.16. The van der Waals surface area contributed by atoms with Crippen molar-refractivity contribution >= 4 is 27.4 Å². The summed E-state index contributed by atoms with van der Waals surface area (Å²) >= 11 is 0. The Bertz CT molecular complexity index is 1520. The third kappa shape index (κ3) is 3.94. The number of anilines is 1. The molecule has 4 rings (SSSR count). The highest BCUT2D eigenvalue weighted by molar-refractivity contribution is 7.83. The van der Waals surface area contributed by atoms with Gasteiger partial charge in [0.15, 0.2) is 5.54 Å². The minimum Gasteiger partial charge on any atom is -0.272 e. The first-order chi connectivity index (χ1) is 17.2. The van der Waals surface area contributed by atoms with Gasteiger partial charge in [-0.05, 0) is 47.5 Å². The van der Waals surface area contributed by atoms with Crippen molar-refractivity contribution in [3.63, 3.8) is 0 Å². The molecule has 36 heavy (non-hydrogen) atoms. The van der Waals surface area contributed by atoms with Crippen molar-refractivity contribution in [2.45, 2.75) is 12.0 Å². The Labute approximate surface area is 203 Å². The zero-order valence-corrected chi connectivity index (χ0v) is 18.9. The summed E-state index contributed by atoms with van der Waals surface area (Å²) in [5.74, 6) is -0.657. The Morgan fingerprint density at radius 2 is 1.64 bits per heavy atom. The smallest absolute Gasteiger partial charge is 0.272 e. The highest BCUT2D eigenvalue weighted by atomic mass is 32.2. The molecule has 0 aliphatic carbocycles. The molecular weight excluding hydrogens is 497 g/mol. The molecule has 3 aromatic carbocycles. The van der Waals surface area contributed by atoms with Crippen LogP contribution in [0.2, 0.25) is 0 Å². The molecule has 9 nitrogen and oxygen atoms in total. The van der Waals surface area contributed by atoms with Crippen LogP contribution in [0.1, 0.15) is 11.1 Å². The van der Waals surface area contributed by atoms with Gasteiger partial charge < -0.3 is 0 Å². The number of hydrogen-bond acceptors (Lipinski definition) is 5. The summed E-state index contributed by atoms with van der Waals surface area (Å²) in [6.45, 7) is 0. The summed E-state index contributed by atoms with van der Waals surface area (Å²) in [4.78, 5) is 2.65. The van der Waals surface area contributed by atoms with Crippen molar-refractivity contribution in [1.82, 2.24) is 4.41 Å². The molecule has 1 N–H and O–H groups in total. The first-order valence-corrected chi connectivity index (χ1v) is 11.5. The Hall–Kier alpha value is -4.34. The molecule has 1 atom stereocenters. The zero-order valence-electron chi connectivity index (χ0n) is 18.1. The second-order valence-corrected chi connectivity index (χ2v) is 8.76. The van der Waals surface area contributed by atoms with Crippen LogP contribution in [0.15, 0.2) is 89.6 Å². The number of hydrogen-bond donors (Lipinski definition) is 1. The molecule has 0 amide bonds. The number of azide groups is 1. The number of halogens is 3. The van der Waals surface area contributed by atoms with Gasteiger partial charge in [-0.3, -0.25) is 9.56 Å². The lowest BCUT2D eigenvalue weighted by Gasteiger charge is -2.39. The molecule has 1 unspecified atom stereocenters. The molecule has 0 fully saturated rings. The van der Waals surface area contributed by atoms with Crippen molar-refractivity contribution in [2.75, 3.05) is 5.01 Å². The Kier molecular flexibility index (Phi) is 6.45. The summed E-state index contributed by atoms with van der Waals surface area (Å²) in [6.07, 6.45) is -3.54. The van der Waals surface area contributed by atoms with Crippen LogP contribution in [0, 0.1) is 17.1 Å². The average Bonchev–Trinajstić information content (AvgIpc) is 3.18. The van der Waals surface area contributed by atoms with Gasteiger partial charge in [0.2, 0.25) is 0 Å². The maximum atomic E-state index is 15.2. The highest BCUT2D eigenvalue weighted by Gasteiger charge is 2.64. The molecule has 182 valence electrons. The largest absolute Gasteiger partial charge is 0.354 e. The lowest BCUT2D eigenvalue weighted by atomic mass is 9.83. The summed E-state index contributed by atoms with van der Waals surface area (Å²) in [5, 5.41) is 14.3. The minimum atomic E-state index is -5.48. The molecule has 0 saturated carbocycles. The fourth-order valence-electron chi connectivity index (χ4n) is 4.14. The van der Waals surface area contributed by atoms with Crippen LogP contribution in [0.4, 0.5) is 24.5 Å². The van der Waals surface area contributed by atoms with Crippen molar-refractivity contribution in [1.29, 1.82) is 5.26 Å². The normalized spacial score (nSPS) is 18.3. The molecule has 0 saturated heterocycles. The van der Waals surface area contributed by atoms with Gasteiger partial charge >= 0.3 is 10.3 Å². The van der Waals surface area contributed by atoms with E-state index in [9.17, 15) is 22.6 Å². The van der Waals surface area contributed by atoms with Gasteiger partial charge in [0.1, 0.15) is 5.82 Å². The maximum absolute atomic E-state index is 15.2. The van der Waals surface area contributed by atoms with E-state index in [1.807, 2.05) is 0 Å². The number of nitriles is 1. The third-order valence-corrected chi connectivity index (χ3v) is 6.43. The quantitative estimate of drug-likeness (QED) is 0.196. The van der Waals surface area contributed by atoms with Gasteiger partial charge in [-0.2, -0.15) is 13.7 Å². The number of hydrazine groups is 1. The Morgan fingerprint density at radius 1 is 1.03 bits per heavy atom. The van der Waals surface area contributed by atoms with Crippen LogP contribution < -0.4 is 5.01 Å². The number of rotatable bonds is 6. The van der Waals surface area contributed by atoms with Gasteiger partial charge in [-0.25, -0.2) is 13.2 Å². The second kappa shape index (κ2) is 9.37. The minimum absolute atomic E-state index is 0.0270. The van der Waals surface area contributed by atoms with Crippen LogP contribution in [-0.4, -0.2) is 23.8 Å². The van der Waals surface area contributed by atoms with E-state index >= 15 is 8.78 Å². The second-order valence-electron chi connectivity index (χ2n) is 7.51. The highest BCUT2D eigenvalue weighted by Crippen LogP contribution is 2.54. The van der Waals surface area contributed by atoms with E-state index in [0.717, 1.165) is 17.1 Å². The van der Waals surface area contributed by atoms with Crippen LogP contribution in [0.5, 0.6) is 0 Å². The van der Waals surface area contributed by atoms with Crippen LogP contribution in [0.25, 0.3) is 16.1 Å². The molecule has 1 aliphatic rings. The molecule has 13 heteroatoms. The predicted octanol–water partition coefficient (Wildman–Crippen LogP) is 5.70. The van der Waals surface area contributed by atoms with E-state index < -0.39 is 33.7 Å². The fourth-order valence-corrected chi connectivity index (χ4v) is 5.16. The van der Waals surface area contributed by atoms with E-state index in [4.69, 9.17) is 5.53 Å². The van der Waals surface area contributed by atoms with Crippen LogP contribution in [-0.2, 0) is 15.8 Å². The van der Waals surface area contributed by atoms with E-state index in [-0.39, 0.29) is 32.6 Å². The van der Waals surface area contributed by atoms with Crippen molar-refractivity contribution in [2.24, 2.45) is 5.11 Å². The molecule has 0 aromatic heterocycles. The van der Waals surface area contributed by atoms with E-state index in [1.54, 1.807) is 6.07 Å². The van der Waals surface area contributed by atoms with Gasteiger partial charge in [0.25, 0.3) is 6.43 Å². The first-order valence-electron chi connectivity index (χ1n) is 10.1. The summed E-state index contributed by atoms with van der Waals surface area (Å²) < 4.78 is 80.0. The topological polar surface area (TPSA) is 133 Å². The van der Waals surface area contributed by atoms with Gasteiger partial charge in [0, 0.05) is 16.2 Å². The van der Waals surface area contributed by atoms with E-state index in [0.29, 0.717) is 0 Å². The summed E-state index contributed by atoms with van der Waals surface area (Å²) in [5.41, 5.74) is 4.45. The van der Waals surface area contributed by atoms with Gasteiger partial charge in [-0.15, -0.1) is 0 Å². The van der Waals surface area contributed by atoms with Gasteiger partial charge in [0.05, 0.1) is 23.0 Å². The number of benzene rings is 3. The van der Waals surface area contributed by atoms with Crippen LogP contribution >= 0.6 is 0 Å². The molecule has 0 bridgehead atoms. The first kappa shape index (κ1) is 24.8. The van der Waals surface area contributed by atoms with Crippen molar-refractivity contribution in [3.05, 3.63) is 112 Å². The van der Waals surface area contributed by atoms with E-state index in [2.05, 4.69) is 10.0 Å². The monoisotopic (exact) mass is 512 g/mol. The summed E-state index contributed by atoms with van der Waals surface area (Å²) in [7, 11) is -5.48.